The van der Waals surface area contributed by atoms with Gasteiger partial charge in [0.05, 0.1) is 20.3 Å². The third-order valence-electron chi connectivity index (χ3n) is 7.18. The van der Waals surface area contributed by atoms with Crippen molar-refractivity contribution >= 4 is 0 Å². The molecule has 0 aliphatic heterocycles. The minimum absolute atomic E-state index is 0.0970. The number of ether oxygens (including phenoxy) is 2. The Morgan fingerprint density at radius 1 is 1.04 bits per heavy atom. The smallest absolute Gasteiger partial charge is 0.161 e. The molecule has 3 heteroatoms. The van der Waals surface area contributed by atoms with E-state index in [-0.39, 0.29) is 11.5 Å². The van der Waals surface area contributed by atoms with Gasteiger partial charge in [0, 0.05) is 0 Å². The lowest BCUT2D eigenvalue weighted by Gasteiger charge is -2.50. The Morgan fingerprint density at radius 2 is 1.78 bits per heavy atom. The first-order valence-corrected chi connectivity index (χ1v) is 9.01. The van der Waals surface area contributed by atoms with Crippen LogP contribution in [0.2, 0.25) is 0 Å². The number of aryl methyl sites for hydroxylation is 1. The minimum Gasteiger partial charge on any atom is -0.493 e. The molecule has 1 aromatic carbocycles. The highest BCUT2D eigenvalue weighted by Gasteiger charge is 2.54. The van der Waals surface area contributed by atoms with Crippen LogP contribution in [0.1, 0.15) is 56.1 Å². The molecule has 0 amide bonds. The molecule has 0 aromatic heterocycles. The van der Waals surface area contributed by atoms with Gasteiger partial charge >= 0.3 is 0 Å². The molecule has 4 unspecified atom stereocenters. The van der Waals surface area contributed by atoms with E-state index in [2.05, 4.69) is 19.1 Å². The highest BCUT2D eigenvalue weighted by Crippen LogP contribution is 2.61. The Balaban J connectivity index is 1.72. The number of rotatable bonds is 2. The van der Waals surface area contributed by atoms with Gasteiger partial charge in [-0.1, -0.05) is 6.92 Å². The van der Waals surface area contributed by atoms with Crippen molar-refractivity contribution in [3.05, 3.63) is 23.3 Å². The fraction of sp³-hybridized carbons (Fsp3) is 0.700. The maximum Gasteiger partial charge on any atom is 0.161 e. The molecule has 5 atom stereocenters. The molecular weight excluding hydrogens is 288 g/mol. The summed E-state index contributed by atoms with van der Waals surface area (Å²) >= 11 is 0. The van der Waals surface area contributed by atoms with Crippen LogP contribution in [-0.2, 0) is 6.42 Å². The summed E-state index contributed by atoms with van der Waals surface area (Å²) in [5, 5.41) is 10.5. The highest BCUT2D eigenvalue weighted by atomic mass is 16.5. The van der Waals surface area contributed by atoms with Gasteiger partial charge < -0.3 is 14.6 Å². The summed E-state index contributed by atoms with van der Waals surface area (Å²) in [6.45, 7) is 2.33. The Kier molecular flexibility index (Phi) is 3.60. The van der Waals surface area contributed by atoms with E-state index in [1.807, 2.05) is 0 Å². The van der Waals surface area contributed by atoms with Crippen molar-refractivity contribution in [1.29, 1.82) is 0 Å². The number of benzene rings is 1. The average Bonchev–Trinajstić information content (AvgIpc) is 2.88. The first kappa shape index (κ1) is 15.3. The number of aliphatic hydroxyl groups excluding tert-OH is 1. The zero-order chi connectivity index (χ0) is 16.2. The van der Waals surface area contributed by atoms with Crippen molar-refractivity contribution in [3.63, 3.8) is 0 Å². The largest absolute Gasteiger partial charge is 0.493 e. The van der Waals surface area contributed by atoms with E-state index >= 15 is 0 Å². The van der Waals surface area contributed by atoms with Gasteiger partial charge in [-0.25, -0.2) is 0 Å². The number of hydrogen-bond acceptors (Lipinski definition) is 3. The van der Waals surface area contributed by atoms with Crippen LogP contribution in [0.4, 0.5) is 0 Å². The Morgan fingerprint density at radius 3 is 2.52 bits per heavy atom. The summed E-state index contributed by atoms with van der Waals surface area (Å²) in [5.41, 5.74) is 3.06. The van der Waals surface area contributed by atoms with Gasteiger partial charge in [-0.15, -0.1) is 0 Å². The molecule has 23 heavy (non-hydrogen) atoms. The summed E-state index contributed by atoms with van der Waals surface area (Å²) in [6.07, 6.45) is 6.80. The number of fused-ring (bicyclic) bond motifs is 5. The topological polar surface area (TPSA) is 38.7 Å². The summed E-state index contributed by atoms with van der Waals surface area (Å²) < 4.78 is 11.0. The first-order valence-electron chi connectivity index (χ1n) is 9.01. The lowest BCUT2D eigenvalue weighted by Crippen LogP contribution is -2.43. The molecule has 3 aliphatic rings. The second kappa shape index (κ2) is 5.41. The van der Waals surface area contributed by atoms with Crippen molar-refractivity contribution in [2.24, 2.45) is 17.3 Å². The van der Waals surface area contributed by atoms with Crippen LogP contribution in [-0.4, -0.2) is 25.4 Å². The predicted molar refractivity (Wildman–Crippen MR) is 90.2 cm³/mol. The van der Waals surface area contributed by atoms with Crippen molar-refractivity contribution < 1.29 is 14.6 Å². The van der Waals surface area contributed by atoms with Crippen LogP contribution in [0.15, 0.2) is 12.1 Å². The van der Waals surface area contributed by atoms with Crippen LogP contribution >= 0.6 is 0 Å². The van der Waals surface area contributed by atoms with E-state index in [0.29, 0.717) is 11.8 Å². The van der Waals surface area contributed by atoms with Crippen molar-refractivity contribution in [2.45, 2.75) is 57.5 Å². The van der Waals surface area contributed by atoms with Crippen molar-refractivity contribution in [1.82, 2.24) is 0 Å². The van der Waals surface area contributed by atoms with Gasteiger partial charge in [-0.3, -0.25) is 0 Å². The van der Waals surface area contributed by atoms with Crippen LogP contribution in [0.5, 0.6) is 11.5 Å². The van der Waals surface area contributed by atoms with E-state index in [1.54, 1.807) is 14.2 Å². The average molecular weight is 316 g/mol. The molecule has 3 nitrogen and oxygen atoms in total. The fourth-order valence-corrected chi connectivity index (χ4v) is 5.87. The van der Waals surface area contributed by atoms with Crippen LogP contribution < -0.4 is 9.47 Å². The number of methoxy groups -OCH3 is 2. The number of hydrogen-bond donors (Lipinski definition) is 1. The molecule has 0 saturated heterocycles. The minimum atomic E-state index is -0.0970. The second-order valence-corrected chi connectivity index (χ2v) is 7.96. The summed E-state index contributed by atoms with van der Waals surface area (Å²) in [5.74, 6) is 3.73. The Labute approximate surface area is 139 Å². The van der Waals surface area contributed by atoms with Gasteiger partial charge in [0.15, 0.2) is 11.5 Å². The van der Waals surface area contributed by atoms with Gasteiger partial charge in [-0.05, 0) is 85.0 Å². The summed E-state index contributed by atoms with van der Waals surface area (Å²) in [7, 11) is 3.43. The normalized spacial score (nSPS) is 38.4. The first-order chi connectivity index (χ1) is 11.1. The molecule has 0 heterocycles. The Hall–Kier alpha value is -1.22. The third-order valence-corrected chi connectivity index (χ3v) is 7.18. The maximum absolute atomic E-state index is 10.5. The Bertz CT molecular complexity index is 611. The summed E-state index contributed by atoms with van der Waals surface area (Å²) in [6, 6.07) is 4.40. The lowest BCUT2D eigenvalue weighted by atomic mass is 9.55. The second-order valence-electron chi connectivity index (χ2n) is 7.96. The monoisotopic (exact) mass is 316 g/mol. The fourth-order valence-electron chi connectivity index (χ4n) is 5.87. The van der Waals surface area contributed by atoms with E-state index in [9.17, 15) is 5.11 Å². The third kappa shape index (κ3) is 2.12. The SMILES string of the molecule is COc1cc2c(cc1OC)C1CC[C@]3(C)C(O)CCC3C1CC2. The van der Waals surface area contributed by atoms with E-state index < -0.39 is 0 Å². The highest BCUT2D eigenvalue weighted by molar-refractivity contribution is 5.50. The van der Waals surface area contributed by atoms with Gasteiger partial charge in [0.1, 0.15) is 0 Å². The van der Waals surface area contributed by atoms with E-state index in [0.717, 1.165) is 36.7 Å². The van der Waals surface area contributed by atoms with Crippen molar-refractivity contribution in [2.75, 3.05) is 14.2 Å². The molecule has 2 saturated carbocycles. The molecule has 0 spiro atoms. The molecular formula is C20H28O3. The summed E-state index contributed by atoms with van der Waals surface area (Å²) in [4.78, 5) is 0. The van der Waals surface area contributed by atoms with Gasteiger partial charge in [-0.2, -0.15) is 0 Å². The maximum atomic E-state index is 10.5. The molecule has 126 valence electrons. The zero-order valence-corrected chi connectivity index (χ0v) is 14.5. The van der Waals surface area contributed by atoms with Crippen LogP contribution in [0.3, 0.4) is 0 Å². The van der Waals surface area contributed by atoms with Gasteiger partial charge in [0.2, 0.25) is 0 Å². The molecule has 1 aromatic rings. The van der Waals surface area contributed by atoms with E-state index in [4.69, 9.17) is 9.47 Å². The quantitative estimate of drug-likeness (QED) is 0.899. The standard InChI is InChI=1S/C20H28O3/c1-20-9-8-13-14(16(20)6-7-19(20)21)5-4-12-10-17(22-2)18(23-3)11-15(12)13/h10-11,13-14,16,19,21H,4-9H2,1-3H3/t13?,14?,16?,19?,20-/m0/s1. The molecule has 1 N–H and O–H groups in total. The number of aliphatic hydroxyl groups is 1. The van der Waals surface area contributed by atoms with Gasteiger partial charge in [0.25, 0.3) is 0 Å². The van der Waals surface area contributed by atoms with Crippen molar-refractivity contribution in [3.8, 4) is 11.5 Å². The molecule has 3 aliphatic carbocycles. The zero-order valence-electron chi connectivity index (χ0n) is 14.5. The molecule has 0 radical (unpaired) electrons. The van der Waals surface area contributed by atoms with Crippen LogP contribution in [0.25, 0.3) is 0 Å². The van der Waals surface area contributed by atoms with E-state index in [1.165, 1.54) is 30.4 Å². The van der Waals surface area contributed by atoms with Crippen LogP contribution in [0, 0.1) is 17.3 Å². The lowest BCUT2D eigenvalue weighted by molar-refractivity contribution is -0.0226. The molecule has 4 rings (SSSR count). The predicted octanol–water partition coefficient (Wildman–Crippen LogP) is 3.92. The molecule has 0 bridgehead atoms. The molecule has 2 fully saturated rings.